The molecule has 4 aromatic rings. The van der Waals surface area contributed by atoms with Gasteiger partial charge in [0.25, 0.3) is 0 Å². The zero-order valence-corrected chi connectivity index (χ0v) is 22.0. The zero-order valence-electron chi connectivity index (χ0n) is 21.2. The lowest BCUT2D eigenvalue weighted by molar-refractivity contribution is -0.114. The summed E-state index contributed by atoms with van der Waals surface area (Å²) in [7, 11) is 1.68. The Morgan fingerprint density at radius 1 is 1.03 bits per heavy atom. The molecule has 0 unspecified atom stereocenters. The summed E-state index contributed by atoms with van der Waals surface area (Å²) in [4.78, 5) is 18.3. The first-order valence-corrected chi connectivity index (χ1v) is 12.5. The fourth-order valence-corrected chi connectivity index (χ4v) is 5.44. The Morgan fingerprint density at radius 3 is 2.49 bits per heavy atom. The largest absolute Gasteiger partial charge is 0.497 e. The number of nitrogens with zero attached hydrogens (tertiary/aromatic N) is 3. The van der Waals surface area contributed by atoms with Gasteiger partial charge in [0.2, 0.25) is 5.91 Å². The highest BCUT2D eigenvalue weighted by Gasteiger charge is 2.42. The van der Waals surface area contributed by atoms with Gasteiger partial charge < -0.3 is 24.8 Å². The second kappa shape index (κ2) is 10.1. The van der Waals surface area contributed by atoms with Crippen LogP contribution in [0.5, 0.6) is 5.75 Å². The van der Waals surface area contributed by atoms with Crippen molar-refractivity contribution in [3.8, 4) is 11.4 Å². The zero-order chi connectivity index (χ0) is 26.1. The van der Waals surface area contributed by atoms with Crippen LogP contribution >= 0.6 is 12.2 Å². The number of pyridine rings is 1. The number of nitrogens with one attached hydrogen (secondary N) is 2. The molecule has 7 nitrogen and oxygen atoms in total. The van der Waals surface area contributed by atoms with Crippen molar-refractivity contribution in [2.45, 2.75) is 32.9 Å². The molecule has 2 aromatic carbocycles. The van der Waals surface area contributed by atoms with Crippen LogP contribution in [0.3, 0.4) is 0 Å². The van der Waals surface area contributed by atoms with Crippen LogP contribution in [-0.4, -0.2) is 27.7 Å². The highest BCUT2D eigenvalue weighted by Crippen LogP contribution is 2.44. The van der Waals surface area contributed by atoms with E-state index in [1.807, 2.05) is 66.9 Å². The molecule has 0 aliphatic carbocycles. The van der Waals surface area contributed by atoms with Crippen LogP contribution in [0.4, 0.5) is 11.4 Å². The summed E-state index contributed by atoms with van der Waals surface area (Å²) in [6, 6.07) is 23.7. The number of rotatable bonds is 6. The number of aromatic nitrogens is 2. The molecule has 1 amide bonds. The van der Waals surface area contributed by atoms with Gasteiger partial charge in [-0.2, -0.15) is 0 Å². The minimum atomic E-state index is -0.150. The quantitative estimate of drug-likeness (QED) is 0.327. The Balaban J connectivity index is 1.63. The third kappa shape index (κ3) is 4.68. The Kier molecular flexibility index (Phi) is 6.67. The van der Waals surface area contributed by atoms with Crippen LogP contribution in [0, 0.1) is 13.8 Å². The van der Waals surface area contributed by atoms with Gasteiger partial charge in [0, 0.05) is 47.6 Å². The Bertz CT molecular complexity index is 1450. The number of amides is 1. The van der Waals surface area contributed by atoms with Crippen LogP contribution < -0.4 is 20.3 Å². The number of thiocarbonyl (C=S) groups is 1. The highest BCUT2D eigenvalue weighted by molar-refractivity contribution is 7.80. The number of ether oxygens (including phenoxy) is 1. The van der Waals surface area contributed by atoms with Gasteiger partial charge in [-0.1, -0.05) is 12.1 Å². The molecular formula is C29H29N5O2S. The van der Waals surface area contributed by atoms with Crippen LogP contribution in [0.2, 0.25) is 0 Å². The fraction of sp³-hybridized carbons (Fsp3) is 0.207. The fourth-order valence-electron chi connectivity index (χ4n) is 5.09. The normalized spacial score (nSPS) is 17.0. The average Bonchev–Trinajstić information content (AvgIpc) is 3.39. The summed E-state index contributed by atoms with van der Waals surface area (Å²) in [6.07, 6.45) is 1.81. The lowest BCUT2D eigenvalue weighted by Gasteiger charge is -2.28. The summed E-state index contributed by atoms with van der Waals surface area (Å²) in [5.41, 5.74) is 6.99. The van der Waals surface area contributed by atoms with Crippen molar-refractivity contribution < 1.29 is 9.53 Å². The SMILES string of the molecule is COc1cccc(-n2c(C)cc([C@H]3[C@@H](c4ccccn4)NC(=S)N3c3ccc(NC(C)=O)cc3)c2C)c1. The molecule has 0 bridgehead atoms. The van der Waals surface area contributed by atoms with Gasteiger partial charge in [0.15, 0.2) is 5.11 Å². The van der Waals surface area contributed by atoms with Crippen molar-refractivity contribution in [3.63, 3.8) is 0 Å². The molecule has 37 heavy (non-hydrogen) atoms. The lowest BCUT2D eigenvalue weighted by Crippen LogP contribution is -2.29. The second-order valence-electron chi connectivity index (χ2n) is 9.09. The van der Waals surface area contributed by atoms with Gasteiger partial charge in [0.1, 0.15) is 5.75 Å². The predicted octanol–water partition coefficient (Wildman–Crippen LogP) is 5.63. The van der Waals surface area contributed by atoms with Gasteiger partial charge in [-0.05, 0) is 86.2 Å². The van der Waals surface area contributed by atoms with Crippen molar-refractivity contribution in [3.05, 3.63) is 102 Å². The average molecular weight is 512 g/mol. The molecule has 1 aliphatic heterocycles. The molecule has 188 valence electrons. The molecule has 0 radical (unpaired) electrons. The minimum Gasteiger partial charge on any atom is -0.497 e. The van der Waals surface area contributed by atoms with E-state index in [4.69, 9.17) is 17.0 Å². The molecule has 5 rings (SSSR count). The van der Waals surface area contributed by atoms with E-state index in [-0.39, 0.29) is 18.0 Å². The first kappa shape index (κ1) is 24.5. The van der Waals surface area contributed by atoms with Crippen molar-refractivity contribution in [1.82, 2.24) is 14.9 Å². The summed E-state index contributed by atoms with van der Waals surface area (Å²) >= 11 is 5.88. The lowest BCUT2D eigenvalue weighted by atomic mass is 9.96. The van der Waals surface area contributed by atoms with Crippen LogP contribution in [0.25, 0.3) is 5.69 Å². The summed E-state index contributed by atoms with van der Waals surface area (Å²) in [5, 5.41) is 6.98. The van der Waals surface area contributed by atoms with E-state index < -0.39 is 0 Å². The van der Waals surface area contributed by atoms with E-state index in [0.29, 0.717) is 5.11 Å². The van der Waals surface area contributed by atoms with Gasteiger partial charge in [-0.15, -0.1) is 0 Å². The molecule has 8 heteroatoms. The van der Waals surface area contributed by atoms with Crippen LogP contribution in [-0.2, 0) is 4.79 Å². The number of carbonyl (C=O) groups excluding carboxylic acids is 1. The maximum Gasteiger partial charge on any atom is 0.221 e. The number of carbonyl (C=O) groups is 1. The molecule has 0 saturated carbocycles. The minimum absolute atomic E-state index is 0.107. The molecule has 1 fully saturated rings. The second-order valence-corrected chi connectivity index (χ2v) is 9.47. The van der Waals surface area contributed by atoms with E-state index >= 15 is 0 Å². The number of aryl methyl sites for hydroxylation is 1. The highest BCUT2D eigenvalue weighted by atomic mass is 32.1. The maximum absolute atomic E-state index is 11.5. The number of anilines is 2. The van der Waals surface area contributed by atoms with Gasteiger partial charge in [0.05, 0.1) is 24.9 Å². The van der Waals surface area contributed by atoms with Crippen LogP contribution in [0.15, 0.2) is 79.0 Å². The molecule has 2 N–H and O–H groups in total. The number of hydrogen-bond donors (Lipinski definition) is 2. The van der Waals surface area contributed by atoms with E-state index in [2.05, 4.69) is 51.1 Å². The van der Waals surface area contributed by atoms with Gasteiger partial charge in [-0.25, -0.2) is 0 Å². The van der Waals surface area contributed by atoms with Crippen LogP contribution in [0.1, 0.15) is 41.7 Å². The first-order valence-electron chi connectivity index (χ1n) is 12.1. The molecular weight excluding hydrogens is 482 g/mol. The van der Waals surface area contributed by atoms with E-state index in [0.717, 1.165) is 45.5 Å². The van der Waals surface area contributed by atoms with Crippen molar-refractivity contribution in [2.75, 3.05) is 17.3 Å². The topological polar surface area (TPSA) is 71.4 Å². The number of benzene rings is 2. The Labute approximate surface area is 222 Å². The smallest absolute Gasteiger partial charge is 0.221 e. The van der Waals surface area contributed by atoms with Crippen molar-refractivity contribution in [1.29, 1.82) is 0 Å². The molecule has 0 spiro atoms. The monoisotopic (exact) mass is 511 g/mol. The number of hydrogen-bond acceptors (Lipinski definition) is 4. The van der Waals surface area contributed by atoms with Gasteiger partial charge >= 0.3 is 0 Å². The maximum atomic E-state index is 11.5. The molecule has 1 aliphatic rings. The van der Waals surface area contributed by atoms with Crippen molar-refractivity contribution >= 4 is 34.6 Å². The van der Waals surface area contributed by atoms with Crippen molar-refractivity contribution in [2.24, 2.45) is 0 Å². The standard InChI is InChI=1S/C29H29N5O2S/c1-18-16-25(19(2)33(18)23-8-7-9-24(17-23)36-4)28-27(26-10-5-6-15-30-26)32-29(37)34(28)22-13-11-21(12-14-22)31-20(3)35/h5-17,27-28H,1-4H3,(H,31,35)(H,32,37)/t27-,28+/m1/s1. The molecule has 3 heterocycles. The predicted molar refractivity (Wildman–Crippen MR) is 150 cm³/mol. The van der Waals surface area contributed by atoms with E-state index in [1.54, 1.807) is 7.11 Å². The first-order chi connectivity index (χ1) is 17.9. The van der Waals surface area contributed by atoms with Gasteiger partial charge in [-0.3, -0.25) is 9.78 Å². The molecule has 2 atom stereocenters. The summed E-state index contributed by atoms with van der Waals surface area (Å²) < 4.78 is 7.72. The van der Waals surface area contributed by atoms with E-state index in [9.17, 15) is 4.79 Å². The third-order valence-corrected chi connectivity index (χ3v) is 6.98. The molecule has 2 aromatic heterocycles. The Hall–Kier alpha value is -4.17. The molecule has 1 saturated heterocycles. The Morgan fingerprint density at radius 2 is 1.81 bits per heavy atom. The summed E-state index contributed by atoms with van der Waals surface area (Å²) in [5.74, 6) is 0.701. The van der Waals surface area contributed by atoms with E-state index in [1.165, 1.54) is 6.92 Å². The number of methoxy groups -OCH3 is 1. The third-order valence-electron chi connectivity index (χ3n) is 6.66. The summed E-state index contributed by atoms with van der Waals surface area (Å²) in [6.45, 7) is 5.74.